The Morgan fingerprint density at radius 1 is 1.08 bits per heavy atom. The number of nitriles is 1. The summed E-state index contributed by atoms with van der Waals surface area (Å²) in [6.45, 7) is 0.0988. The number of hydrogen-bond acceptors (Lipinski definition) is 5. The van der Waals surface area contributed by atoms with Gasteiger partial charge in [-0.3, -0.25) is 4.57 Å². The molecule has 132 valence electrons. The van der Waals surface area contributed by atoms with Crippen LogP contribution in [-0.2, 0) is 6.61 Å². The highest BCUT2D eigenvalue weighted by Gasteiger charge is 2.15. The first-order valence-corrected chi connectivity index (χ1v) is 9.15. The Bertz CT molecular complexity index is 892. The van der Waals surface area contributed by atoms with Gasteiger partial charge in [0.25, 0.3) is 0 Å². The molecule has 1 heterocycles. The smallest absolute Gasteiger partial charge is 0.195 e. The van der Waals surface area contributed by atoms with E-state index in [-0.39, 0.29) is 12.4 Å². The Kier molecular flexibility index (Phi) is 6.23. The van der Waals surface area contributed by atoms with E-state index in [9.17, 15) is 4.39 Å². The van der Waals surface area contributed by atoms with Gasteiger partial charge in [-0.25, -0.2) is 4.39 Å². The highest BCUT2D eigenvalue weighted by molar-refractivity contribution is 7.99. The predicted octanol–water partition coefficient (Wildman–Crippen LogP) is 4.38. The molecule has 0 fully saturated rings. The zero-order valence-electron chi connectivity index (χ0n) is 14.0. The van der Waals surface area contributed by atoms with E-state index < -0.39 is 5.82 Å². The molecule has 0 atom stereocenters. The van der Waals surface area contributed by atoms with Crippen LogP contribution in [0.5, 0.6) is 5.75 Å². The molecule has 0 unspecified atom stereocenters. The lowest BCUT2D eigenvalue weighted by Gasteiger charge is -2.11. The number of nitrogens with zero attached hydrogens (tertiary/aromatic N) is 4. The molecule has 26 heavy (non-hydrogen) atoms. The van der Waals surface area contributed by atoms with Crippen LogP contribution >= 0.6 is 11.8 Å². The van der Waals surface area contributed by atoms with Crippen LogP contribution in [0.1, 0.15) is 18.7 Å². The van der Waals surface area contributed by atoms with Crippen LogP contribution in [-0.4, -0.2) is 20.5 Å². The summed E-state index contributed by atoms with van der Waals surface area (Å²) in [5.74, 6) is 1.12. The summed E-state index contributed by atoms with van der Waals surface area (Å²) in [4.78, 5) is 0. The van der Waals surface area contributed by atoms with Crippen molar-refractivity contribution >= 4 is 11.8 Å². The van der Waals surface area contributed by atoms with Crippen molar-refractivity contribution in [2.75, 3.05) is 5.75 Å². The lowest BCUT2D eigenvalue weighted by Crippen LogP contribution is -2.07. The molecule has 0 N–H and O–H groups in total. The summed E-state index contributed by atoms with van der Waals surface area (Å²) in [5, 5.41) is 17.8. The van der Waals surface area contributed by atoms with Crippen molar-refractivity contribution in [1.82, 2.24) is 14.8 Å². The minimum absolute atomic E-state index is 0.0988. The van der Waals surface area contributed by atoms with Gasteiger partial charge in [-0.05, 0) is 30.7 Å². The normalized spacial score (nSPS) is 10.5. The molecule has 3 aromatic rings. The van der Waals surface area contributed by atoms with Crippen LogP contribution in [0.4, 0.5) is 4.39 Å². The summed E-state index contributed by atoms with van der Waals surface area (Å²) in [5.41, 5.74) is 0.910. The molecule has 7 heteroatoms. The third kappa shape index (κ3) is 4.41. The Labute approximate surface area is 155 Å². The van der Waals surface area contributed by atoms with Crippen molar-refractivity contribution in [2.45, 2.75) is 24.6 Å². The summed E-state index contributed by atoms with van der Waals surface area (Å²) in [6, 6.07) is 18.1. The van der Waals surface area contributed by atoms with E-state index in [4.69, 9.17) is 10.00 Å². The summed E-state index contributed by atoms with van der Waals surface area (Å²) >= 11 is 1.54. The van der Waals surface area contributed by atoms with Gasteiger partial charge in [0.05, 0.1) is 6.07 Å². The SMILES string of the molecule is N#CCCCSc1nnc(COc2ccccc2F)n1-c1ccccc1. The molecule has 0 aliphatic rings. The van der Waals surface area contributed by atoms with Gasteiger partial charge in [0.1, 0.15) is 6.61 Å². The van der Waals surface area contributed by atoms with Gasteiger partial charge in [0.15, 0.2) is 22.5 Å². The molecular formula is C19H17FN4OS. The van der Waals surface area contributed by atoms with Crippen LogP contribution in [0.3, 0.4) is 0 Å². The second kappa shape index (κ2) is 9.02. The van der Waals surface area contributed by atoms with E-state index in [0.717, 1.165) is 23.0 Å². The lowest BCUT2D eigenvalue weighted by molar-refractivity contribution is 0.278. The molecule has 5 nitrogen and oxygen atoms in total. The second-order valence-corrected chi connectivity index (χ2v) is 6.46. The fourth-order valence-corrected chi connectivity index (χ4v) is 3.25. The zero-order valence-corrected chi connectivity index (χ0v) is 14.8. The van der Waals surface area contributed by atoms with E-state index in [1.54, 1.807) is 18.2 Å². The number of thioether (sulfide) groups is 1. The largest absolute Gasteiger partial charge is 0.483 e. The molecule has 0 radical (unpaired) electrons. The first kappa shape index (κ1) is 18.0. The Hall–Kier alpha value is -2.85. The lowest BCUT2D eigenvalue weighted by atomic mass is 10.3. The van der Waals surface area contributed by atoms with Gasteiger partial charge < -0.3 is 4.74 Å². The highest BCUT2D eigenvalue weighted by atomic mass is 32.2. The summed E-state index contributed by atoms with van der Waals surface area (Å²) < 4.78 is 21.3. The summed E-state index contributed by atoms with van der Waals surface area (Å²) in [6.07, 6.45) is 1.29. The van der Waals surface area contributed by atoms with E-state index >= 15 is 0 Å². The quantitative estimate of drug-likeness (QED) is 0.436. The van der Waals surface area contributed by atoms with E-state index in [0.29, 0.717) is 12.2 Å². The predicted molar refractivity (Wildman–Crippen MR) is 97.7 cm³/mol. The number of ether oxygens (including phenoxy) is 1. The van der Waals surface area contributed by atoms with Gasteiger partial charge in [0, 0.05) is 17.9 Å². The van der Waals surface area contributed by atoms with Crippen LogP contribution in [0.25, 0.3) is 5.69 Å². The highest BCUT2D eigenvalue weighted by Crippen LogP contribution is 2.24. The van der Waals surface area contributed by atoms with Gasteiger partial charge in [0.2, 0.25) is 0 Å². The van der Waals surface area contributed by atoms with E-state index in [1.807, 2.05) is 34.9 Å². The van der Waals surface area contributed by atoms with Crippen molar-refractivity contribution in [3.05, 3.63) is 66.2 Å². The molecular weight excluding hydrogens is 351 g/mol. The number of hydrogen-bond donors (Lipinski definition) is 0. The minimum Gasteiger partial charge on any atom is -0.483 e. The molecule has 3 rings (SSSR count). The topological polar surface area (TPSA) is 63.7 Å². The van der Waals surface area contributed by atoms with Gasteiger partial charge in [-0.2, -0.15) is 5.26 Å². The van der Waals surface area contributed by atoms with E-state index in [1.165, 1.54) is 17.8 Å². The standard InChI is InChI=1S/C19H17FN4OS/c20-16-10-4-5-11-17(16)25-14-18-22-23-19(26-13-7-6-12-21)24(18)15-8-2-1-3-9-15/h1-5,8-11H,6-7,13-14H2. The zero-order chi connectivity index (χ0) is 18.2. The molecule has 0 aliphatic carbocycles. The van der Waals surface area contributed by atoms with Crippen LogP contribution in [0.2, 0.25) is 0 Å². The maximum Gasteiger partial charge on any atom is 0.195 e. The minimum atomic E-state index is -0.413. The number of halogens is 1. The monoisotopic (exact) mass is 368 g/mol. The molecule has 0 saturated heterocycles. The molecule has 0 saturated carbocycles. The fourth-order valence-electron chi connectivity index (χ4n) is 2.34. The Balaban J connectivity index is 1.81. The first-order chi connectivity index (χ1) is 12.8. The molecule has 2 aromatic carbocycles. The third-order valence-corrected chi connectivity index (χ3v) is 4.59. The Morgan fingerprint density at radius 3 is 2.62 bits per heavy atom. The van der Waals surface area contributed by atoms with Crippen molar-refractivity contribution < 1.29 is 9.13 Å². The van der Waals surface area contributed by atoms with E-state index in [2.05, 4.69) is 16.3 Å². The molecule has 0 aliphatic heterocycles. The number of aromatic nitrogens is 3. The molecule has 0 spiro atoms. The average molecular weight is 368 g/mol. The second-order valence-electron chi connectivity index (χ2n) is 5.40. The van der Waals surface area contributed by atoms with Crippen molar-refractivity contribution in [3.63, 3.8) is 0 Å². The molecule has 0 amide bonds. The van der Waals surface area contributed by atoms with Crippen molar-refractivity contribution in [1.29, 1.82) is 5.26 Å². The number of unbranched alkanes of at least 4 members (excludes halogenated alkanes) is 1. The van der Waals surface area contributed by atoms with Crippen LogP contribution < -0.4 is 4.74 Å². The third-order valence-electron chi connectivity index (χ3n) is 3.57. The molecule has 0 bridgehead atoms. The number of rotatable bonds is 8. The van der Waals surface area contributed by atoms with Crippen LogP contribution in [0, 0.1) is 17.1 Å². The van der Waals surface area contributed by atoms with Gasteiger partial charge in [-0.15, -0.1) is 10.2 Å². The molecule has 1 aromatic heterocycles. The van der Waals surface area contributed by atoms with Crippen LogP contribution in [0.15, 0.2) is 59.8 Å². The number of para-hydroxylation sites is 2. The van der Waals surface area contributed by atoms with Crippen molar-refractivity contribution in [2.24, 2.45) is 0 Å². The first-order valence-electron chi connectivity index (χ1n) is 8.16. The van der Waals surface area contributed by atoms with Gasteiger partial charge in [-0.1, -0.05) is 42.1 Å². The maximum atomic E-state index is 13.8. The average Bonchev–Trinajstić information content (AvgIpc) is 3.08. The van der Waals surface area contributed by atoms with Crippen molar-refractivity contribution in [3.8, 4) is 17.5 Å². The fraction of sp³-hybridized carbons (Fsp3) is 0.211. The van der Waals surface area contributed by atoms with Gasteiger partial charge >= 0.3 is 0 Å². The maximum absolute atomic E-state index is 13.8. The Morgan fingerprint density at radius 2 is 1.85 bits per heavy atom. The summed E-state index contributed by atoms with van der Waals surface area (Å²) in [7, 11) is 0. The number of benzene rings is 2.